The van der Waals surface area contributed by atoms with Gasteiger partial charge in [0.25, 0.3) is 0 Å². The van der Waals surface area contributed by atoms with E-state index in [0.717, 1.165) is 11.8 Å². The molecule has 0 spiro atoms. The molecule has 1 rings (SSSR count). The zero-order valence-electron chi connectivity index (χ0n) is 8.81. The maximum atomic E-state index is 11.2. The molecule has 0 saturated heterocycles. The van der Waals surface area contributed by atoms with Gasteiger partial charge in [0.2, 0.25) is 5.91 Å². The van der Waals surface area contributed by atoms with Gasteiger partial charge in [0.15, 0.2) is 0 Å². The lowest BCUT2D eigenvalue weighted by Crippen LogP contribution is -2.18. The molecular formula is C12H13NO2. The molecule has 0 atom stereocenters. The third-order valence-electron chi connectivity index (χ3n) is 1.91. The smallest absolute Gasteiger partial charge is 0.246 e. The molecule has 0 aliphatic heterocycles. The van der Waals surface area contributed by atoms with Crippen LogP contribution in [0.25, 0.3) is 6.08 Å². The lowest BCUT2D eigenvalue weighted by Gasteiger charge is -2.05. The number of rotatable bonds is 3. The van der Waals surface area contributed by atoms with Crippen LogP contribution in [0.5, 0.6) is 0 Å². The van der Waals surface area contributed by atoms with Gasteiger partial charge in [-0.25, -0.2) is 0 Å². The quantitative estimate of drug-likeness (QED) is 0.552. The maximum absolute atomic E-state index is 11.2. The molecule has 3 heteroatoms. The summed E-state index contributed by atoms with van der Waals surface area (Å²) in [5.41, 5.74) is 1.45. The van der Waals surface area contributed by atoms with Gasteiger partial charge in [-0.15, -0.1) is 0 Å². The summed E-state index contributed by atoms with van der Waals surface area (Å²) < 4.78 is 0. The molecule has 0 fully saturated rings. The molecule has 78 valence electrons. The SMILES string of the molecule is CN(C)C(=O)/C=C/c1cccc(C=O)c1. The van der Waals surface area contributed by atoms with Gasteiger partial charge in [0, 0.05) is 25.7 Å². The van der Waals surface area contributed by atoms with E-state index in [9.17, 15) is 9.59 Å². The predicted molar refractivity (Wildman–Crippen MR) is 59.6 cm³/mol. The van der Waals surface area contributed by atoms with Crippen molar-refractivity contribution in [2.24, 2.45) is 0 Å². The van der Waals surface area contributed by atoms with Crippen LogP contribution in [0.3, 0.4) is 0 Å². The molecule has 0 N–H and O–H groups in total. The van der Waals surface area contributed by atoms with E-state index in [1.54, 1.807) is 38.4 Å². The molecule has 0 aromatic heterocycles. The van der Waals surface area contributed by atoms with Gasteiger partial charge in [0.1, 0.15) is 6.29 Å². The highest BCUT2D eigenvalue weighted by atomic mass is 16.2. The third-order valence-corrected chi connectivity index (χ3v) is 1.91. The van der Waals surface area contributed by atoms with Crippen LogP contribution in [0.2, 0.25) is 0 Å². The van der Waals surface area contributed by atoms with E-state index in [1.807, 2.05) is 6.07 Å². The summed E-state index contributed by atoms with van der Waals surface area (Å²) in [7, 11) is 3.38. The minimum Gasteiger partial charge on any atom is -0.345 e. The second-order valence-electron chi connectivity index (χ2n) is 3.35. The molecule has 0 unspecified atom stereocenters. The van der Waals surface area contributed by atoms with Crippen molar-refractivity contribution in [3.63, 3.8) is 0 Å². The summed E-state index contributed by atoms with van der Waals surface area (Å²) >= 11 is 0. The Morgan fingerprint density at radius 2 is 1.93 bits per heavy atom. The number of aldehydes is 1. The molecule has 1 aromatic carbocycles. The Bertz CT molecular complexity index is 394. The maximum Gasteiger partial charge on any atom is 0.246 e. The fourth-order valence-corrected chi connectivity index (χ4v) is 1.05. The van der Waals surface area contributed by atoms with E-state index in [0.29, 0.717) is 5.56 Å². The number of hydrogen-bond acceptors (Lipinski definition) is 2. The summed E-state index contributed by atoms with van der Waals surface area (Å²) in [5.74, 6) is -0.0773. The Hall–Kier alpha value is -1.90. The molecule has 0 heterocycles. The van der Waals surface area contributed by atoms with Crippen LogP contribution in [0.15, 0.2) is 30.3 Å². The van der Waals surface area contributed by atoms with Gasteiger partial charge in [-0.05, 0) is 17.7 Å². The number of carbonyl (C=O) groups is 2. The Kier molecular flexibility index (Phi) is 3.80. The molecule has 1 amide bonds. The fourth-order valence-electron chi connectivity index (χ4n) is 1.05. The van der Waals surface area contributed by atoms with Crippen molar-refractivity contribution in [2.45, 2.75) is 0 Å². The zero-order chi connectivity index (χ0) is 11.3. The molecule has 0 radical (unpaired) electrons. The highest BCUT2D eigenvalue weighted by molar-refractivity contribution is 5.91. The summed E-state index contributed by atoms with van der Waals surface area (Å²) in [4.78, 5) is 23.2. The van der Waals surface area contributed by atoms with Crippen molar-refractivity contribution in [1.29, 1.82) is 0 Å². The first kappa shape index (κ1) is 11.2. The Balaban J connectivity index is 2.80. The molecule has 15 heavy (non-hydrogen) atoms. The first-order chi connectivity index (χ1) is 7.13. The molecular weight excluding hydrogens is 190 g/mol. The van der Waals surface area contributed by atoms with Crippen molar-refractivity contribution in [3.8, 4) is 0 Å². The van der Waals surface area contributed by atoms with Gasteiger partial charge in [0.05, 0.1) is 0 Å². The summed E-state index contributed by atoms with van der Waals surface area (Å²) in [6, 6.07) is 7.07. The number of carbonyl (C=O) groups excluding carboxylic acids is 2. The monoisotopic (exact) mass is 203 g/mol. The molecule has 0 saturated carbocycles. The first-order valence-corrected chi connectivity index (χ1v) is 4.58. The minimum atomic E-state index is -0.0773. The van der Waals surface area contributed by atoms with Crippen molar-refractivity contribution in [2.75, 3.05) is 14.1 Å². The number of likely N-dealkylation sites (N-methyl/N-ethyl adjacent to an activating group) is 1. The molecule has 0 aliphatic rings. The van der Waals surface area contributed by atoms with Crippen LogP contribution in [-0.2, 0) is 4.79 Å². The predicted octanol–water partition coefficient (Wildman–Crippen LogP) is 1.60. The van der Waals surface area contributed by atoms with Crippen molar-refractivity contribution >= 4 is 18.3 Å². The molecule has 1 aromatic rings. The second kappa shape index (κ2) is 5.10. The average molecular weight is 203 g/mol. The van der Waals surface area contributed by atoms with E-state index < -0.39 is 0 Å². The lowest BCUT2D eigenvalue weighted by molar-refractivity contribution is -0.123. The van der Waals surface area contributed by atoms with Crippen LogP contribution in [-0.4, -0.2) is 31.2 Å². The van der Waals surface area contributed by atoms with Crippen LogP contribution >= 0.6 is 0 Å². The lowest BCUT2D eigenvalue weighted by atomic mass is 10.1. The zero-order valence-corrected chi connectivity index (χ0v) is 8.81. The minimum absolute atomic E-state index is 0.0773. The van der Waals surface area contributed by atoms with Crippen molar-refractivity contribution in [3.05, 3.63) is 41.5 Å². The number of hydrogen-bond donors (Lipinski definition) is 0. The van der Waals surface area contributed by atoms with Crippen LogP contribution in [0.4, 0.5) is 0 Å². The van der Waals surface area contributed by atoms with E-state index in [2.05, 4.69) is 0 Å². The standard InChI is InChI=1S/C12H13NO2/c1-13(2)12(15)7-6-10-4-3-5-11(8-10)9-14/h3-9H,1-2H3/b7-6+. The fraction of sp³-hybridized carbons (Fsp3) is 0.167. The largest absolute Gasteiger partial charge is 0.345 e. The number of amides is 1. The molecule has 3 nitrogen and oxygen atoms in total. The Labute approximate surface area is 89.0 Å². The molecule has 0 aliphatic carbocycles. The highest BCUT2D eigenvalue weighted by Crippen LogP contribution is 2.05. The third kappa shape index (κ3) is 3.38. The summed E-state index contributed by atoms with van der Waals surface area (Å²) in [5, 5.41) is 0. The van der Waals surface area contributed by atoms with Crippen LogP contribution < -0.4 is 0 Å². The number of nitrogens with zero attached hydrogens (tertiary/aromatic N) is 1. The van der Waals surface area contributed by atoms with Crippen molar-refractivity contribution in [1.82, 2.24) is 4.90 Å². The van der Waals surface area contributed by atoms with Crippen molar-refractivity contribution < 1.29 is 9.59 Å². The molecule has 0 bridgehead atoms. The van der Waals surface area contributed by atoms with E-state index in [4.69, 9.17) is 0 Å². The Morgan fingerprint density at radius 3 is 2.53 bits per heavy atom. The average Bonchev–Trinajstić information content (AvgIpc) is 2.26. The van der Waals surface area contributed by atoms with Gasteiger partial charge < -0.3 is 4.90 Å². The number of benzene rings is 1. The highest BCUT2D eigenvalue weighted by Gasteiger charge is 1.97. The van der Waals surface area contributed by atoms with E-state index >= 15 is 0 Å². The first-order valence-electron chi connectivity index (χ1n) is 4.58. The van der Waals surface area contributed by atoms with Crippen LogP contribution in [0.1, 0.15) is 15.9 Å². The van der Waals surface area contributed by atoms with Gasteiger partial charge >= 0.3 is 0 Å². The topological polar surface area (TPSA) is 37.4 Å². The van der Waals surface area contributed by atoms with Gasteiger partial charge in [-0.3, -0.25) is 9.59 Å². The second-order valence-corrected chi connectivity index (χ2v) is 3.35. The summed E-state index contributed by atoms with van der Waals surface area (Å²) in [6.45, 7) is 0. The van der Waals surface area contributed by atoms with Gasteiger partial charge in [-0.2, -0.15) is 0 Å². The van der Waals surface area contributed by atoms with Gasteiger partial charge in [-0.1, -0.05) is 18.2 Å². The Morgan fingerprint density at radius 1 is 1.27 bits per heavy atom. The normalized spacial score (nSPS) is 10.3. The summed E-state index contributed by atoms with van der Waals surface area (Å²) in [6.07, 6.45) is 3.95. The van der Waals surface area contributed by atoms with E-state index in [1.165, 1.54) is 11.0 Å². The van der Waals surface area contributed by atoms with Crippen LogP contribution in [0, 0.1) is 0 Å². The van der Waals surface area contributed by atoms with E-state index in [-0.39, 0.29) is 5.91 Å².